The summed E-state index contributed by atoms with van der Waals surface area (Å²) in [5.74, 6) is 0.0827. The van der Waals surface area contributed by atoms with Crippen LogP contribution in [-0.2, 0) is 0 Å². The van der Waals surface area contributed by atoms with Gasteiger partial charge in [-0.2, -0.15) is 0 Å². The van der Waals surface area contributed by atoms with Gasteiger partial charge in [0.1, 0.15) is 5.69 Å². The molecule has 0 atom stereocenters. The molecular formula is C11H12N4O2S. The Hall–Kier alpha value is -1.76. The second-order valence-electron chi connectivity index (χ2n) is 3.84. The molecule has 2 aromatic rings. The summed E-state index contributed by atoms with van der Waals surface area (Å²) < 4.78 is 4.50. The number of ketones is 1. The number of hydrogen-bond acceptors (Lipinski definition) is 7. The molecular weight excluding hydrogens is 252 g/mol. The van der Waals surface area contributed by atoms with E-state index in [1.807, 2.05) is 19.9 Å². The van der Waals surface area contributed by atoms with Crippen molar-refractivity contribution in [2.24, 2.45) is 0 Å². The summed E-state index contributed by atoms with van der Waals surface area (Å²) in [7, 11) is 0. The second kappa shape index (κ2) is 5.26. The van der Waals surface area contributed by atoms with Crippen molar-refractivity contribution in [3.8, 4) is 0 Å². The summed E-state index contributed by atoms with van der Waals surface area (Å²) in [4.78, 5) is 20.3. The van der Waals surface area contributed by atoms with E-state index in [-0.39, 0.29) is 17.2 Å². The van der Waals surface area contributed by atoms with E-state index in [1.54, 1.807) is 6.92 Å². The van der Waals surface area contributed by atoms with Gasteiger partial charge in [-0.15, -0.1) is 0 Å². The first-order valence-corrected chi connectivity index (χ1v) is 6.32. The summed E-state index contributed by atoms with van der Waals surface area (Å²) in [6.07, 6.45) is 0. The van der Waals surface area contributed by atoms with E-state index in [4.69, 9.17) is 0 Å². The van der Waals surface area contributed by atoms with Gasteiger partial charge in [-0.25, -0.2) is 14.6 Å². The summed E-state index contributed by atoms with van der Waals surface area (Å²) >= 11 is 1.28. The summed E-state index contributed by atoms with van der Waals surface area (Å²) in [6.45, 7) is 5.47. The zero-order valence-corrected chi connectivity index (χ0v) is 11.1. The van der Waals surface area contributed by atoms with Gasteiger partial charge in [0.15, 0.2) is 16.6 Å². The van der Waals surface area contributed by atoms with Crippen LogP contribution in [-0.4, -0.2) is 31.8 Å². The number of nitrogens with zero attached hydrogens (tertiary/aromatic N) is 4. The van der Waals surface area contributed by atoms with Crippen molar-refractivity contribution in [1.29, 1.82) is 0 Å². The maximum Gasteiger partial charge on any atom is 0.197 e. The Bertz CT molecular complexity index is 562. The van der Waals surface area contributed by atoms with Crippen LogP contribution in [0.15, 0.2) is 15.9 Å². The molecule has 2 aromatic heterocycles. The van der Waals surface area contributed by atoms with Gasteiger partial charge in [0.2, 0.25) is 0 Å². The molecule has 0 saturated carbocycles. The molecule has 0 spiro atoms. The fourth-order valence-electron chi connectivity index (χ4n) is 1.44. The normalized spacial score (nSPS) is 10.6. The minimum absolute atomic E-state index is 0.137. The lowest BCUT2D eigenvalue weighted by Crippen LogP contribution is -2.06. The lowest BCUT2D eigenvalue weighted by molar-refractivity contribution is 0.101. The molecule has 2 rings (SSSR count). The molecule has 7 heteroatoms. The van der Waals surface area contributed by atoms with Crippen LogP contribution in [0.1, 0.15) is 27.6 Å². The number of hydrogen-bond donors (Lipinski definition) is 0. The largest absolute Gasteiger partial charge is 0.291 e. The van der Waals surface area contributed by atoms with E-state index in [0.717, 1.165) is 11.4 Å². The molecule has 2 heterocycles. The summed E-state index contributed by atoms with van der Waals surface area (Å²) in [5, 5.41) is 7.74. The van der Waals surface area contributed by atoms with Crippen molar-refractivity contribution in [2.75, 3.05) is 5.75 Å². The minimum atomic E-state index is -0.137. The predicted molar refractivity (Wildman–Crippen MR) is 65.6 cm³/mol. The Labute approximate surface area is 108 Å². The number of carbonyl (C=O) groups is 1. The van der Waals surface area contributed by atoms with Crippen molar-refractivity contribution >= 4 is 17.5 Å². The molecule has 6 nitrogen and oxygen atoms in total. The summed E-state index contributed by atoms with van der Waals surface area (Å²) in [6, 6.07) is 1.89. The molecule has 0 amide bonds. The maximum atomic E-state index is 11.8. The highest BCUT2D eigenvalue weighted by Gasteiger charge is 2.15. The molecule has 0 aliphatic carbocycles. The van der Waals surface area contributed by atoms with Crippen LogP contribution in [0, 0.1) is 20.8 Å². The van der Waals surface area contributed by atoms with E-state index < -0.39 is 0 Å². The van der Waals surface area contributed by atoms with Crippen molar-refractivity contribution in [3.05, 3.63) is 28.8 Å². The van der Waals surface area contributed by atoms with E-state index in [9.17, 15) is 4.79 Å². The van der Waals surface area contributed by atoms with Crippen LogP contribution in [0.2, 0.25) is 0 Å². The standard InChI is InChI=1S/C11H12N4O2S/c1-6-4-7(2)13-11(12-6)18-5-9(16)10-8(3)14-17-15-10/h4H,5H2,1-3H3. The Kier molecular flexibility index (Phi) is 3.71. The molecule has 0 aliphatic heterocycles. The zero-order valence-electron chi connectivity index (χ0n) is 10.3. The fourth-order valence-corrected chi connectivity index (χ4v) is 2.26. The minimum Gasteiger partial charge on any atom is -0.291 e. The van der Waals surface area contributed by atoms with Crippen LogP contribution in [0.25, 0.3) is 0 Å². The van der Waals surface area contributed by atoms with Crippen LogP contribution in [0.4, 0.5) is 0 Å². The fraction of sp³-hybridized carbons (Fsp3) is 0.364. The van der Waals surface area contributed by atoms with Crippen LogP contribution in [0.5, 0.6) is 0 Å². The molecule has 0 N–H and O–H groups in total. The van der Waals surface area contributed by atoms with E-state index in [0.29, 0.717) is 10.9 Å². The van der Waals surface area contributed by atoms with Gasteiger partial charge < -0.3 is 0 Å². The molecule has 94 valence electrons. The third-order valence-corrected chi connectivity index (χ3v) is 3.06. The third kappa shape index (κ3) is 2.92. The molecule has 18 heavy (non-hydrogen) atoms. The second-order valence-corrected chi connectivity index (χ2v) is 4.79. The van der Waals surface area contributed by atoms with Gasteiger partial charge >= 0.3 is 0 Å². The maximum absolute atomic E-state index is 11.8. The van der Waals surface area contributed by atoms with Crippen LogP contribution < -0.4 is 0 Å². The van der Waals surface area contributed by atoms with Crippen molar-refractivity contribution < 1.29 is 9.42 Å². The summed E-state index contributed by atoms with van der Waals surface area (Å²) in [5.41, 5.74) is 2.54. The molecule has 0 aromatic carbocycles. The highest BCUT2D eigenvalue weighted by molar-refractivity contribution is 7.99. The van der Waals surface area contributed by atoms with Crippen molar-refractivity contribution in [3.63, 3.8) is 0 Å². The smallest absolute Gasteiger partial charge is 0.197 e. The van der Waals surface area contributed by atoms with E-state index in [1.165, 1.54) is 11.8 Å². The van der Waals surface area contributed by atoms with Crippen molar-refractivity contribution in [1.82, 2.24) is 20.3 Å². The van der Waals surface area contributed by atoms with Crippen molar-refractivity contribution in [2.45, 2.75) is 25.9 Å². The Morgan fingerprint density at radius 3 is 2.44 bits per heavy atom. The first kappa shape index (κ1) is 12.7. The Morgan fingerprint density at radius 2 is 1.89 bits per heavy atom. The quantitative estimate of drug-likeness (QED) is 0.472. The molecule has 0 aliphatic rings. The Balaban J connectivity index is 2.04. The lowest BCUT2D eigenvalue weighted by atomic mass is 10.3. The molecule has 0 bridgehead atoms. The highest BCUT2D eigenvalue weighted by Crippen LogP contribution is 2.16. The van der Waals surface area contributed by atoms with Gasteiger partial charge in [0.25, 0.3) is 0 Å². The van der Waals surface area contributed by atoms with Crippen LogP contribution in [0.3, 0.4) is 0 Å². The first-order valence-electron chi connectivity index (χ1n) is 5.33. The van der Waals surface area contributed by atoms with Gasteiger partial charge in [-0.3, -0.25) is 4.79 Å². The molecule has 0 radical (unpaired) electrons. The number of rotatable bonds is 4. The zero-order chi connectivity index (χ0) is 13.1. The van der Waals surface area contributed by atoms with Crippen LogP contribution >= 0.6 is 11.8 Å². The van der Waals surface area contributed by atoms with Gasteiger partial charge in [-0.05, 0) is 32.0 Å². The topological polar surface area (TPSA) is 81.8 Å². The van der Waals surface area contributed by atoms with Gasteiger partial charge in [-0.1, -0.05) is 16.9 Å². The highest BCUT2D eigenvalue weighted by atomic mass is 32.2. The van der Waals surface area contributed by atoms with Gasteiger partial charge in [0.05, 0.1) is 5.75 Å². The number of aromatic nitrogens is 4. The molecule has 0 saturated heterocycles. The molecule has 0 fully saturated rings. The average molecular weight is 264 g/mol. The SMILES string of the molecule is Cc1cc(C)nc(SCC(=O)c2nonc2C)n1. The first-order chi connectivity index (χ1) is 8.56. The lowest BCUT2D eigenvalue weighted by Gasteiger charge is -2.01. The monoisotopic (exact) mass is 264 g/mol. The number of thioether (sulfide) groups is 1. The van der Waals surface area contributed by atoms with E-state index in [2.05, 4.69) is 24.9 Å². The number of carbonyl (C=O) groups excluding carboxylic acids is 1. The number of aryl methyl sites for hydroxylation is 3. The third-order valence-electron chi connectivity index (χ3n) is 2.21. The Morgan fingerprint density at radius 1 is 1.22 bits per heavy atom. The van der Waals surface area contributed by atoms with E-state index >= 15 is 0 Å². The predicted octanol–water partition coefficient (Wildman–Crippen LogP) is 1.76. The number of Topliss-reactive ketones (excluding diaryl/α,β-unsaturated/α-hetero) is 1. The van der Waals surface area contributed by atoms with Gasteiger partial charge in [0, 0.05) is 11.4 Å². The average Bonchev–Trinajstić information content (AvgIpc) is 2.71. The molecule has 0 unspecified atom stereocenters.